The van der Waals surface area contributed by atoms with Crippen molar-refractivity contribution in [2.45, 2.75) is 132 Å². The van der Waals surface area contributed by atoms with E-state index < -0.39 is 60.1 Å². The molecule has 5 amide bonds. The maximum Gasteiger partial charge on any atom is 5.00 e. The number of nitrogens with one attached hydrogen (secondary N) is 5. The minimum Gasteiger partial charge on any atom is -0.548 e. The number of carboxylic acid groups (broad SMARTS) is 5. The molecule has 5 fully saturated rings. The Morgan fingerprint density at radius 3 is 0.494 bits per heavy atom. The Labute approximate surface area is 492 Å². The van der Waals surface area contributed by atoms with Crippen LogP contribution in [0.25, 0.3) is 0 Å². The Bertz CT molecular complexity index is 1690. The van der Waals surface area contributed by atoms with E-state index in [4.69, 9.17) is 0 Å². The molecule has 460 valence electrons. The molecule has 0 radical (unpaired) electrons. The number of amides is 5. The van der Waals surface area contributed by atoms with Gasteiger partial charge in [0.05, 0.1) is 89.6 Å². The number of aliphatic carboxylic acids is 5. The first kappa shape index (κ1) is 76.1. The van der Waals surface area contributed by atoms with Gasteiger partial charge in [-0.05, 0) is 94.4 Å². The number of likely N-dealkylation sites (N-methyl/N-ethyl adjacent to an activating group) is 5. The van der Waals surface area contributed by atoms with Gasteiger partial charge in [0, 0.05) is 68.0 Å². The van der Waals surface area contributed by atoms with Crippen molar-refractivity contribution < 1.29 is 92.0 Å². The zero-order chi connectivity index (χ0) is 61.5. The quantitative estimate of drug-likeness (QED) is 0.0758. The number of carbonyl (C=O) groups excluding carboxylic acids is 10. The molecule has 0 aliphatic carbocycles. The maximum atomic E-state index is 12.0. The Morgan fingerprint density at radius 2 is 0.420 bits per heavy atom. The molecular formula is C55H95N10O15V. The van der Waals surface area contributed by atoms with Gasteiger partial charge in [-0.2, -0.15) is 0 Å². The van der Waals surface area contributed by atoms with Crippen molar-refractivity contribution in [3.05, 3.63) is 0 Å². The van der Waals surface area contributed by atoms with Crippen LogP contribution in [0.15, 0.2) is 0 Å². The van der Waals surface area contributed by atoms with Crippen molar-refractivity contribution in [3.63, 3.8) is 0 Å². The number of hydrogen-bond acceptors (Lipinski definition) is 20. The zero-order valence-electron chi connectivity index (χ0n) is 50.6. The molecule has 5 rings (SSSR count). The van der Waals surface area contributed by atoms with Crippen LogP contribution in [-0.2, 0) is 66.5 Å². The Morgan fingerprint density at radius 1 is 0.296 bits per heavy atom. The van der Waals surface area contributed by atoms with Crippen molar-refractivity contribution >= 4 is 59.4 Å². The van der Waals surface area contributed by atoms with Crippen LogP contribution in [0.5, 0.6) is 0 Å². The van der Waals surface area contributed by atoms with Crippen LogP contribution < -0.4 is 52.1 Å². The molecule has 5 aliphatic rings. The van der Waals surface area contributed by atoms with Gasteiger partial charge in [0.1, 0.15) is 0 Å². The van der Waals surface area contributed by atoms with Gasteiger partial charge in [-0.1, -0.05) is 69.2 Å². The number of carboxylic acids is 5. The van der Waals surface area contributed by atoms with E-state index in [9.17, 15) is 73.5 Å². The summed E-state index contributed by atoms with van der Waals surface area (Å²) in [7, 11) is 7.71. The summed E-state index contributed by atoms with van der Waals surface area (Å²) in [4.78, 5) is 121. The van der Waals surface area contributed by atoms with Crippen LogP contribution in [-0.4, -0.2) is 215 Å². The van der Waals surface area contributed by atoms with E-state index in [0.29, 0.717) is 32.7 Å². The molecule has 25 nitrogen and oxygen atoms in total. The fraction of sp³-hybridized carbons (Fsp3) is 0.818. The molecule has 5 N–H and O–H groups in total. The minimum absolute atomic E-state index is 0. The fourth-order valence-corrected chi connectivity index (χ4v) is 10.8. The van der Waals surface area contributed by atoms with Crippen molar-refractivity contribution in [2.24, 2.45) is 59.2 Å². The average Bonchev–Trinajstić information content (AvgIpc) is 4.23. The van der Waals surface area contributed by atoms with Crippen LogP contribution in [0.4, 0.5) is 0 Å². The second kappa shape index (κ2) is 37.3. The Balaban J connectivity index is 0.000000985. The van der Waals surface area contributed by atoms with Crippen molar-refractivity contribution in [1.29, 1.82) is 0 Å². The van der Waals surface area contributed by atoms with Crippen LogP contribution in [0.1, 0.15) is 101 Å². The Hall–Kier alpha value is -4.92. The van der Waals surface area contributed by atoms with E-state index in [1.54, 1.807) is 104 Å². The second-order valence-corrected chi connectivity index (χ2v) is 23.2. The molecule has 81 heavy (non-hydrogen) atoms. The second-order valence-electron chi connectivity index (χ2n) is 23.2. The summed E-state index contributed by atoms with van der Waals surface area (Å²) >= 11 is 0. The van der Waals surface area contributed by atoms with Crippen molar-refractivity contribution in [1.82, 2.24) is 51.1 Å². The summed E-state index contributed by atoms with van der Waals surface area (Å²) in [5, 5.41) is 70.4. The van der Waals surface area contributed by atoms with E-state index in [-0.39, 0.29) is 107 Å². The maximum absolute atomic E-state index is 12.0. The van der Waals surface area contributed by atoms with Gasteiger partial charge < -0.3 is 101 Å². The monoisotopic (exact) mass is 1190 g/mol. The summed E-state index contributed by atoms with van der Waals surface area (Å²) in [6, 6.07) is -4.20. The molecule has 0 aromatic rings. The summed E-state index contributed by atoms with van der Waals surface area (Å²) < 4.78 is 0. The molecule has 0 aromatic carbocycles. The van der Waals surface area contributed by atoms with Crippen LogP contribution in [0.2, 0.25) is 0 Å². The van der Waals surface area contributed by atoms with Gasteiger partial charge in [0.15, 0.2) is 0 Å². The Kier molecular flexibility index (Phi) is 35.1. The average molecular weight is 1190 g/mol. The first-order valence-corrected chi connectivity index (χ1v) is 28.2. The summed E-state index contributed by atoms with van der Waals surface area (Å²) in [5.74, 6) is -7.62. The van der Waals surface area contributed by atoms with Crippen LogP contribution in [0, 0.1) is 59.2 Å². The van der Waals surface area contributed by atoms with Crippen LogP contribution >= 0.6 is 0 Å². The van der Waals surface area contributed by atoms with Gasteiger partial charge in [-0.3, -0.25) is 24.0 Å². The zero-order valence-corrected chi connectivity index (χ0v) is 52.0. The third kappa shape index (κ3) is 23.7. The summed E-state index contributed by atoms with van der Waals surface area (Å²) in [6.45, 7) is 25.1. The number of nitrogens with zero attached hydrogens (tertiary/aromatic N) is 5. The molecule has 26 heteroatoms. The molecule has 5 unspecified atom stereocenters. The van der Waals surface area contributed by atoms with Gasteiger partial charge in [0.2, 0.25) is 29.5 Å². The van der Waals surface area contributed by atoms with Crippen LogP contribution in [0.3, 0.4) is 0 Å². The molecule has 5 aliphatic heterocycles. The van der Waals surface area contributed by atoms with Gasteiger partial charge in [-0.25, -0.2) is 0 Å². The summed E-state index contributed by atoms with van der Waals surface area (Å²) in [6.07, 6.45) is 3.89. The molecule has 10 atom stereocenters. The standard InChI is InChI=1S/5C11H20N2O3.V/c5*1-7(2)9(11(15)16)13(3)10(14)8-4-5-12-6-8;/h5*7-9,12H,4-6H2,1-3H3,(H,15,16);/q;;;;;+5/p-5/t5*8-,9?;/m00000./s1. The minimum atomic E-state index is -1.18. The molecule has 0 aromatic heterocycles. The summed E-state index contributed by atoms with van der Waals surface area (Å²) in [5.41, 5.74) is 0. The van der Waals surface area contributed by atoms with E-state index in [0.717, 1.165) is 64.8 Å². The smallest absolute Gasteiger partial charge is 0.548 e. The van der Waals surface area contributed by atoms with Gasteiger partial charge in [-0.15, -0.1) is 0 Å². The number of carbonyl (C=O) groups is 10. The normalized spacial score (nSPS) is 21.9. The topological polar surface area (TPSA) is 362 Å². The van der Waals surface area contributed by atoms with Gasteiger partial charge >= 0.3 is 18.6 Å². The fourth-order valence-electron chi connectivity index (χ4n) is 10.8. The third-order valence-electron chi connectivity index (χ3n) is 15.2. The molecule has 5 saturated heterocycles. The van der Waals surface area contributed by atoms with Gasteiger partial charge in [0.25, 0.3) is 0 Å². The predicted octanol–water partition coefficient (Wildman–Crippen LogP) is -5.86. The molecule has 5 heterocycles. The number of hydrogen-bond donors (Lipinski definition) is 5. The van der Waals surface area contributed by atoms with Crippen molar-refractivity contribution in [3.8, 4) is 0 Å². The molecular weight excluding hydrogens is 1090 g/mol. The van der Waals surface area contributed by atoms with E-state index in [1.165, 1.54) is 24.5 Å². The first-order chi connectivity index (χ1) is 37.2. The molecule has 0 bridgehead atoms. The predicted molar refractivity (Wildman–Crippen MR) is 287 cm³/mol. The van der Waals surface area contributed by atoms with E-state index in [2.05, 4.69) is 26.6 Å². The molecule has 0 saturated carbocycles. The largest absolute Gasteiger partial charge is 5.00 e. The van der Waals surface area contributed by atoms with E-state index in [1.807, 2.05) is 0 Å². The van der Waals surface area contributed by atoms with Crippen molar-refractivity contribution in [2.75, 3.05) is 101 Å². The third-order valence-corrected chi connectivity index (χ3v) is 15.2. The van der Waals surface area contributed by atoms with E-state index >= 15 is 0 Å². The molecule has 0 spiro atoms. The SMILES string of the molecule is CC(C)C(C(=O)[O-])N(C)C(=O)[C@H]1CCNC1.CC(C)C(C(=O)[O-])N(C)C(=O)[C@H]1CCNC1.CC(C)C(C(=O)[O-])N(C)C(=O)[C@H]1CCNC1.CC(C)C(C(=O)[O-])N(C)C(=O)[C@H]1CCNC1.CC(C)C(C(=O)[O-])N(C)C(=O)[C@H]1CCNC1.[V+5]. The number of rotatable bonds is 20. The first-order valence-electron chi connectivity index (χ1n) is 28.2.